The van der Waals surface area contributed by atoms with Gasteiger partial charge >= 0.3 is 0 Å². The van der Waals surface area contributed by atoms with E-state index in [2.05, 4.69) is 5.92 Å². The van der Waals surface area contributed by atoms with Crippen molar-refractivity contribution in [3.05, 3.63) is 24.3 Å². The summed E-state index contributed by atoms with van der Waals surface area (Å²) in [5.41, 5.74) is 0. The van der Waals surface area contributed by atoms with Gasteiger partial charge < -0.3 is 14.6 Å². The maximum absolute atomic E-state index is 9.79. The Labute approximate surface area is 119 Å². The third-order valence-electron chi connectivity index (χ3n) is 3.50. The van der Waals surface area contributed by atoms with Crippen LogP contribution in [0.25, 0.3) is 0 Å². The van der Waals surface area contributed by atoms with Gasteiger partial charge in [-0.25, -0.2) is 0 Å². The molecule has 5 atom stereocenters. The summed E-state index contributed by atoms with van der Waals surface area (Å²) in [5, 5.41) is 9.79. The van der Waals surface area contributed by atoms with Gasteiger partial charge in [-0.1, -0.05) is 24.1 Å². The largest absolute Gasteiger partial charge is 0.389 e. The number of ether oxygens (including phenoxy) is 2. The number of halogens is 1. The molecule has 0 aliphatic carbocycles. The lowest BCUT2D eigenvalue weighted by Gasteiger charge is -2.29. The second-order valence-corrected chi connectivity index (χ2v) is 5.16. The zero-order valence-electron chi connectivity index (χ0n) is 10.7. The zero-order chi connectivity index (χ0) is 13.7. The quantitative estimate of drug-likeness (QED) is 0.460. The minimum atomic E-state index is -0.522. The van der Waals surface area contributed by atoms with Crippen molar-refractivity contribution in [3.63, 3.8) is 0 Å². The molecule has 104 valence electrons. The molecule has 2 saturated heterocycles. The van der Waals surface area contributed by atoms with Gasteiger partial charge in [-0.05, 0) is 12.5 Å². The minimum Gasteiger partial charge on any atom is -0.389 e. The summed E-state index contributed by atoms with van der Waals surface area (Å²) in [6.07, 6.45) is 14.2. The van der Waals surface area contributed by atoms with Crippen LogP contribution in [0.2, 0.25) is 0 Å². The summed E-state index contributed by atoms with van der Waals surface area (Å²) in [7, 11) is 0. The Hall–Kier alpha value is -0.790. The number of aliphatic hydroxyl groups excluding tert-OH is 1. The monoisotopic (exact) mass is 282 g/mol. The van der Waals surface area contributed by atoms with Crippen LogP contribution in [0.1, 0.15) is 19.3 Å². The van der Waals surface area contributed by atoms with E-state index in [0.29, 0.717) is 12.3 Å². The summed E-state index contributed by atoms with van der Waals surface area (Å²) >= 11 is 5.53. The van der Waals surface area contributed by atoms with Crippen molar-refractivity contribution in [3.8, 4) is 12.3 Å². The van der Waals surface area contributed by atoms with E-state index in [-0.39, 0.29) is 24.4 Å². The Kier molecular flexibility index (Phi) is 5.47. The summed E-state index contributed by atoms with van der Waals surface area (Å²) in [5.74, 6) is 2.87. The van der Waals surface area contributed by atoms with Gasteiger partial charge in [0.2, 0.25) is 0 Å². The molecule has 2 aliphatic heterocycles. The summed E-state index contributed by atoms with van der Waals surface area (Å²) in [4.78, 5) is 0. The van der Waals surface area contributed by atoms with E-state index in [1.54, 1.807) is 18.2 Å². The zero-order valence-corrected chi connectivity index (χ0v) is 11.5. The maximum atomic E-state index is 9.79. The van der Waals surface area contributed by atoms with Gasteiger partial charge in [-0.2, -0.15) is 0 Å². The molecule has 0 aromatic carbocycles. The fourth-order valence-electron chi connectivity index (χ4n) is 2.65. The first-order valence-corrected chi connectivity index (χ1v) is 7.10. The first-order valence-electron chi connectivity index (χ1n) is 6.57. The lowest BCUT2D eigenvalue weighted by Crippen LogP contribution is -2.37. The fourth-order valence-corrected chi connectivity index (χ4v) is 2.76. The van der Waals surface area contributed by atoms with E-state index < -0.39 is 6.10 Å². The van der Waals surface area contributed by atoms with Crippen LogP contribution in [-0.2, 0) is 9.47 Å². The van der Waals surface area contributed by atoms with Crippen molar-refractivity contribution >= 4 is 11.6 Å². The molecule has 1 N–H and O–H groups in total. The lowest BCUT2D eigenvalue weighted by molar-refractivity contribution is -0.142. The standard InChI is InChI=1S/C15H19ClO3/c1-2-3-4-7-12-14-10-15(18-12)13(19-14)9-11(17)6-5-8-16/h1,3-6,11-15,17H,7-10H2/b4-3+,6-5+/t11?,12-,13+,14+,15+/m1/s1. The van der Waals surface area contributed by atoms with Crippen LogP contribution in [0.3, 0.4) is 0 Å². The molecule has 0 aromatic heterocycles. The van der Waals surface area contributed by atoms with Gasteiger partial charge in [-0.3, -0.25) is 0 Å². The molecule has 2 fully saturated rings. The average molecular weight is 283 g/mol. The van der Waals surface area contributed by atoms with Gasteiger partial charge in [0.1, 0.15) is 0 Å². The number of aliphatic hydroxyl groups is 1. The lowest BCUT2D eigenvalue weighted by atomic mass is 10.1. The molecular weight excluding hydrogens is 264 g/mol. The predicted octanol–water partition coefficient (Wildman–Crippen LogP) is 2.04. The normalized spacial score (nSPS) is 35.2. The number of rotatable bonds is 6. The topological polar surface area (TPSA) is 38.7 Å². The Balaban J connectivity index is 1.78. The van der Waals surface area contributed by atoms with Crippen LogP contribution in [0.15, 0.2) is 24.3 Å². The van der Waals surface area contributed by atoms with Crippen LogP contribution < -0.4 is 0 Å². The van der Waals surface area contributed by atoms with Gasteiger partial charge in [0.15, 0.2) is 0 Å². The molecule has 4 heteroatoms. The molecule has 0 saturated carbocycles. The van der Waals surface area contributed by atoms with Gasteiger partial charge in [0, 0.05) is 18.7 Å². The third kappa shape index (κ3) is 3.84. The first-order chi connectivity index (χ1) is 9.24. The third-order valence-corrected chi connectivity index (χ3v) is 3.67. The highest BCUT2D eigenvalue weighted by molar-refractivity contribution is 6.18. The minimum absolute atomic E-state index is 0.0205. The van der Waals surface area contributed by atoms with E-state index in [0.717, 1.165) is 12.8 Å². The molecule has 2 bridgehead atoms. The van der Waals surface area contributed by atoms with Crippen molar-refractivity contribution in [1.82, 2.24) is 0 Å². The highest BCUT2D eigenvalue weighted by Gasteiger charge is 2.47. The van der Waals surface area contributed by atoms with E-state index >= 15 is 0 Å². The van der Waals surface area contributed by atoms with Gasteiger partial charge in [0.25, 0.3) is 0 Å². The van der Waals surface area contributed by atoms with Crippen LogP contribution >= 0.6 is 11.6 Å². The average Bonchev–Trinajstić information content (AvgIpc) is 2.96. The van der Waals surface area contributed by atoms with Crippen LogP contribution in [0.5, 0.6) is 0 Å². The molecule has 0 aromatic rings. The van der Waals surface area contributed by atoms with E-state index in [1.807, 2.05) is 6.08 Å². The maximum Gasteiger partial charge on any atom is 0.0877 e. The van der Waals surface area contributed by atoms with Gasteiger partial charge in [0.05, 0.1) is 30.5 Å². The molecule has 0 spiro atoms. The Morgan fingerprint density at radius 3 is 2.68 bits per heavy atom. The molecular formula is C15H19ClO3. The Morgan fingerprint density at radius 2 is 2.05 bits per heavy atom. The number of hydrogen-bond acceptors (Lipinski definition) is 3. The SMILES string of the molecule is C#C/C=C/C[C@H]1O[C@H]2C[C@@H]1O[C@H]2CC(O)/C=C/CCl. The Morgan fingerprint density at radius 1 is 1.32 bits per heavy atom. The summed E-state index contributed by atoms with van der Waals surface area (Å²) < 4.78 is 11.8. The van der Waals surface area contributed by atoms with Crippen LogP contribution in [0, 0.1) is 12.3 Å². The van der Waals surface area contributed by atoms with E-state index in [4.69, 9.17) is 27.5 Å². The van der Waals surface area contributed by atoms with Crippen LogP contribution in [-0.4, -0.2) is 41.5 Å². The van der Waals surface area contributed by atoms with Crippen molar-refractivity contribution < 1.29 is 14.6 Å². The number of hydrogen-bond donors (Lipinski definition) is 1. The predicted molar refractivity (Wildman–Crippen MR) is 75.0 cm³/mol. The number of allylic oxidation sites excluding steroid dienone is 2. The van der Waals surface area contributed by atoms with E-state index in [1.165, 1.54) is 0 Å². The molecule has 0 amide bonds. The van der Waals surface area contributed by atoms with Crippen molar-refractivity contribution in [1.29, 1.82) is 0 Å². The van der Waals surface area contributed by atoms with Crippen LogP contribution in [0.4, 0.5) is 0 Å². The second kappa shape index (κ2) is 7.12. The number of terminal acetylenes is 1. The highest BCUT2D eigenvalue weighted by Crippen LogP contribution is 2.38. The van der Waals surface area contributed by atoms with E-state index in [9.17, 15) is 5.11 Å². The molecule has 2 aliphatic rings. The number of fused-ring (bicyclic) bond motifs is 2. The molecule has 2 heterocycles. The van der Waals surface area contributed by atoms with Crippen molar-refractivity contribution in [2.75, 3.05) is 5.88 Å². The van der Waals surface area contributed by atoms with Gasteiger partial charge in [-0.15, -0.1) is 18.0 Å². The molecule has 1 unspecified atom stereocenters. The smallest absolute Gasteiger partial charge is 0.0877 e. The number of alkyl halides is 1. The second-order valence-electron chi connectivity index (χ2n) is 4.85. The highest BCUT2D eigenvalue weighted by atomic mass is 35.5. The fraction of sp³-hybridized carbons (Fsp3) is 0.600. The van der Waals surface area contributed by atoms with Crippen molar-refractivity contribution in [2.45, 2.75) is 49.8 Å². The summed E-state index contributed by atoms with van der Waals surface area (Å²) in [6.45, 7) is 0. The van der Waals surface area contributed by atoms with Crippen molar-refractivity contribution in [2.24, 2.45) is 0 Å². The molecule has 19 heavy (non-hydrogen) atoms. The molecule has 3 nitrogen and oxygen atoms in total. The summed E-state index contributed by atoms with van der Waals surface area (Å²) in [6, 6.07) is 0. The molecule has 0 radical (unpaired) electrons. The Bertz CT molecular complexity index is 385. The first kappa shape index (κ1) is 14.6. The molecule has 2 rings (SSSR count).